The van der Waals surface area contributed by atoms with E-state index in [0.717, 1.165) is 0 Å². The van der Waals surface area contributed by atoms with Crippen LogP contribution in [0, 0.1) is 0 Å². The maximum Gasteiger partial charge on any atom is 0.187 e. The average Bonchev–Trinajstić information content (AvgIpc) is 2.98. The van der Waals surface area contributed by atoms with E-state index in [4.69, 9.17) is 14.6 Å². The number of rotatable bonds is 3. The van der Waals surface area contributed by atoms with Gasteiger partial charge in [-0.3, -0.25) is 4.90 Å². The summed E-state index contributed by atoms with van der Waals surface area (Å²) in [5.74, 6) is 0. The van der Waals surface area contributed by atoms with Crippen molar-refractivity contribution in [2.24, 2.45) is 0 Å². The van der Waals surface area contributed by atoms with E-state index in [-0.39, 0.29) is 6.54 Å². The van der Waals surface area contributed by atoms with Gasteiger partial charge in [0.2, 0.25) is 0 Å². The third kappa shape index (κ3) is 2.66. The topological polar surface area (TPSA) is 143 Å². The highest BCUT2D eigenvalue weighted by atomic mass is 16.7. The van der Waals surface area contributed by atoms with E-state index in [0.29, 0.717) is 13.0 Å². The Kier molecular flexibility index (Phi) is 4.70. The molecule has 0 radical (unpaired) electrons. The molecule has 9 atom stereocenters. The first-order valence-corrected chi connectivity index (χ1v) is 7.50. The lowest BCUT2D eigenvalue weighted by atomic mass is 9.92. The van der Waals surface area contributed by atoms with Gasteiger partial charge in [0, 0.05) is 13.1 Å². The predicted octanol–water partition coefficient (Wildman–Crippen LogP) is -4.02. The van der Waals surface area contributed by atoms with Crippen molar-refractivity contribution in [2.45, 2.75) is 61.5 Å². The summed E-state index contributed by atoms with van der Waals surface area (Å²) in [6, 6.07) is -0.514. The summed E-state index contributed by atoms with van der Waals surface area (Å²) in [5.41, 5.74) is 0. The summed E-state index contributed by atoms with van der Waals surface area (Å²) < 4.78 is 10.8. The molecule has 9 nitrogen and oxygen atoms in total. The summed E-state index contributed by atoms with van der Waals surface area (Å²) in [6.07, 6.45) is -8.36. The van der Waals surface area contributed by atoms with Crippen LogP contribution >= 0.6 is 0 Å². The van der Waals surface area contributed by atoms with E-state index >= 15 is 0 Å². The zero-order valence-corrected chi connectivity index (χ0v) is 12.0. The van der Waals surface area contributed by atoms with Gasteiger partial charge in [-0.25, -0.2) is 0 Å². The van der Waals surface area contributed by atoms with Crippen molar-refractivity contribution < 1.29 is 40.1 Å². The van der Waals surface area contributed by atoms with Crippen LogP contribution in [0.2, 0.25) is 0 Å². The van der Waals surface area contributed by atoms with E-state index in [9.17, 15) is 25.5 Å². The highest BCUT2D eigenvalue weighted by Crippen LogP contribution is 2.33. The number of hydrogen-bond donors (Lipinski definition) is 6. The molecule has 3 fully saturated rings. The largest absolute Gasteiger partial charge is 0.394 e. The molecule has 0 aromatic heterocycles. The van der Waals surface area contributed by atoms with Crippen molar-refractivity contribution in [3.8, 4) is 0 Å². The number of aliphatic hydroxyl groups excluding tert-OH is 6. The van der Waals surface area contributed by atoms with Crippen LogP contribution in [0.1, 0.15) is 6.42 Å². The quantitative estimate of drug-likeness (QED) is 0.306. The van der Waals surface area contributed by atoms with Crippen LogP contribution in [0.5, 0.6) is 0 Å². The summed E-state index contributed by atoms with van der Waals surface area (Å²) in [4.78, 5) is 1.83. The van der Waals surface area contributed by atoms with Crippen LogP contribution in [0.15, 0.2) is 0 Å². The van der Waals surface area contributed by atoms with Gasteiger partial charge in [0.15, 0.2) is 6.29 Å². The Morgan fingerprint density at radius 3 is 2.36 bits per heavy atom. The fraction of sp³-hybridized carbons (Fsp3) is 1.00. The number of fused-ring (bicyclic) bond motifs is 1. The number of hydrogen-bond acceptors (Lipinski definition) is 9. The zero-order valence-electron chi connectivity index (χ0n) is 12.0. The minimum absolute atomic E-state index is 0.235. The van der Waals surface area contributed by atoms with E-state index in [1.165, 1.54) is 0 Å². The van der Waals surface area contributed by atoms with Crippen molar-refractivity contribution in [3.63, 3.8) is 0 Å². The highest BCUT2D eigenvalue weighted by Gasteiger charge is 2.52. The molecule has 6 N–H and O–H groups in total. The van der Waals surface area contributed by atoms with Crippen LogP contribution in [-0.4, -0.2) is 110 Å². The molecule has 3 aliphatic heterocycles. The Morgan fingerprint density at radius 1 is 1.00 bits per heavy atom. The van der Waals surface area contributed by atoms with Gasteiger partial charge in [0.05, 0.1) is 24.9 Å². The van der Waals surface area contributed by atoms with E-state index in [1.807, 2.05) is 4.90 Å². The van der Waals surface area contributed by atoms with E-state index in [1.54, 1.807) is 0 Å². The average molecular weight is 321 g/mol. The predicted molar refractivity (Wildman–Crippen MR) is 70.6 cm³/mol. The standard InChI is InChI=1S/C13H23NO8/c15-4-7-10(19)11(20)13(21-7)22-12-8-5(16)1-2-14(8)3-6(17)9(12)18/h5-13,15-20H,1-4H2/t5-,6-,7+,8+,9+,10+,11+,12+,13+/m0/s1. The lowest BCUT2D eigenvalue weighted by molar-refractivity contribution is -0.249. The van der Waals surface area contributed by atoms with Crippen LogP contribution in [0.4, 0.5) is 0 Å². The van der Waals surface area contributed by atoms with Gasteiger partial charge in [-0.1, -0.05) is 0 Å². The Bertz CT molecular complexity index is 398. The first-order valence-electron chi connectivity index (χ1n) is 7.50. The fourth-order valence-electron chi connectivity index (χ4n) is 3.56. The molecule has 128 valence electrons. The molecule has 0 aliphatic carbocycles. The first kappa shape index (κ1) is 16.5. The third-order valence-corrected chi connectivity index (χ3v) is 4.81. The lowest BCUT2D eigenvalue weighted by Gasteiger charge is -2.44. The van der Waals surface area contributed by atoms with Crippen molar-refractivity contribution in [2.75, 3.05) is 19.7 Å². The second-order valence-electron chi connectivity index (χ2n) is 6.21. The monoisotopic (exact) mass is 321 g/mol. The van der Waals surface area contributed by atoms with Gasteiger partial charge in [-0.05, 0) is 6.42 Å². The molecule has 0 spiro atoms. The van der Waals surface area contributed by atoms with Crippen LogP contribution in [0.3, 0.4) is 0 Å². The van der Waals surface area contributed by atoms with Crippen molar-refractivity contribution in [1.29, 1.82) is 0 Å². The Hall–Kier alpha value is -0.360. The van der Waals surface area contributed by atoms with Gasteiger partial charge in [-0.2, -0.15) is 0 Å². The molecule has 0 unspecified atom stereocenters. The highest BCUT2D eigenvalue weighted by molar-refractivity contribution is 5.03. The molecular weight excluding hydrogens is 298 g/mol. The summed E-state index contributed by atoms with van der Waals surface area (Å²) >= 11 is 0. The number of piperidine rings is 1. The van der Waals surface area contributed by atoms with E-state index < -0.39 is 61.7 Å². The van der Waals surface area contributed by atoms with Crippen molar-refractivity contribution in [3.05, 3.63) is 0 Å². The SMILES string of the molecule is OC[C@H]1O[C@H](O[C@H]2[C@H](O)[C@@H](O)CN3CC[C@H](O)[C@H]23)[C@H](O)[C@@H]1O. The van der Waals surface area contributed by atoms with Gasteiger partial charge in [0.25, 0.3) is 0 Å². The fourth-order valence-corrected chi connectivity index (χ4v) is 3.56. The Labute approximate surface area is 127 Å². The molecule has 3 saturated heterocycles. The second-order valence-corrected chi connectivity index (χ2v) is 6.21. The molecule has 0 aromatic carbocycles. The molecular formula is C13H23NO8. The minimum atomic E-state index is -1.38. The molecule has 0 aromatic rings. The van der Waals surface area contributed by atoms with Gasteiger partial charge in [-0.15, -0.1) is 0 Å². The normalized spacial score (nSPS) is 52.9. The molecule has 9 heteroatoms. The van der Waals surface area contributed by atoms with Crippen molar-refractivity contribution >= 4 is 0 Å². The number of nitrogens with zero attached hydrogens (tertiary/aromatic N) is 1. The minimum Gasteiger partial charge on any atom is -0.394 e. The maximum atomic E-state index is 10.2. The van der Waals surface area contributed by atoms with Crippen LogP contribution < -0.4 is 0 Å². The zero-order chi connectivity index (χ0) is 16.0. The van der Waals surface area contributed by atoms with Gasteiger partial charge < -0.3 is 40.1 Å². The third-order valence-electron chi connectivity index (χ3n) is 4.81. The van der Waals surface area contributed by atoms with Gasteiger partial charge in [0.1, 0.15) is 30.5 Å². The summed E-state index contributed by atoms with van der Waals surface area (Å²) in [7, 11) is 0. The molecule has 0 bridgehead atoms. The molecule has 3 heterocycles. The number of aliphatic hydroxyl groups is 6. The summed E-state index contributed by atoms with van der Waals surface area (Å²) in [6.45, 7) is 0.330. The molecule has 0 saturated carbocycles. The second kappa shape index (κ2) is 6.27. The summed E-state index contributed by atoms with van der Waals surface area (Å²) in [5, 5.41) is 58.9. The smallest absolute Gasteiger partial charge is 0.187 e. The lowest BCUT2D eigenvalue weighted by Crippen LogP contribution is -2.63. The van der Waals surface area contributed by atoms with Crippen molar-refractivity contribution in [1.82, 2.24) is 4.90 Å². The van der Waals surface area contributed by atoms with E-state index in [2.05, 4.69) is 0 Å². The Morgan fingerprint density at radius 2 is 1.73 bits per heavy atom. The van der Waals surface area contributed by atoms with Gasteiger partial charge >= 0.3 is 0 Å². The maximum absolute atomic E-state index is 10.2. The molecule has 0 amide bonds. The molecule has 22 heavy (non-hydrogen) atoms. The number of ether oxygens (including phenoxy) is 2. The molecule has 3 rings (SSSR count). The first-order chi connectivity index (χ1) is 10.4. The Balaban J connectivity index is 1.74. The van der Waals surface area contributed by atoms with Crippen LogP contribution in [-0.2, 0) is 9.47 Å². The molecule has 3 aliphatic rings. The van der Waals surface area contributed by atoms with Crippen LogP contribution in [0.25, 0.3) is 0 Å².